The molecule has 1 aliphatic carbocycles. The zero-order chi connectivity index (χ0) is 18.2. The van der Waals surface area contributed by atoms with Crippen molar-refractivity contribution in [3.8, 4) is 0 Å². The normalized spacial score (nSPS) is 14.6. The summed E-state index contributed by atoms with van der Waals surface area (Å²) in [4.78, 5) is 35.7. The molecule has 7 heteroatoms. The Balaban J connectivity index is 1.69. The van der Waals surface area contributed by atoms with Crippen LogP contribution in [-0.4, -0.2) is 30.8 Å². The number of hydrogen-bond acceptors (Lipinski definition) is 3. The molecule has 0 radical (unpaired) electrons. The van der Waals surface area contributed by atoms with E-state index in [-0.39, 0.29) is 36.7 Å². The molecule has 25 heavy (non-hydrogen) atoms. The second kappa shape index (κ2) is 9.42. The number of benzene rings is 1. The monoisotopic (exact) mass is 365 g/mol. The summed E-state index contributed by atoms with van der Waals surface area (Å²) in [5.41, 5.74) is 1.38. The van der Waals surface area contributed by atoms with Gasteiger partial charge in [0.2, 0.25) is 17.7 Å². The quantitative estimate of drug-likeness (QED) is 0.723. The Morgan fingerprint density at radius 3 is 2.44 bits per heavy atom. The second-order valence-electron chi connectivity index (χ2n) is 6.29. The molecular formula is C18H24ClN3O3. The van der Waals surface area contributed by atoms with E-state index in [2.05, 4.69) is 16.0 Å². The van der Waals surface area contributed by atoms with Crippen molar-refractivity contribution in [1.29, 1.82) is 0 Å². The highest BCUT2D eigenvalue weighted by Crippen LogP contribution is 2.23. The van der Waals surface area contributed by atoms with Gasteiger partial charge in [-0.1, -0.05) is 36.9 Å². The molecule has 0 spiro atoms. The molecule has 0 aromatic heterocycles. The number of rotatable bonds is 6. The van der Waals surface area contributed by atoms with Crippen LogP contribution in [0.25, 0.3) is 0 Å². The van der Waals surface area contributed by atoms with Crippen molar-refractivity contribution in [3.63, 3.8) is 0 Å². The van der Waals surface area contributed by atoms with E-state index in [4.69, 9.17) is 11.6 Å². The number of hydrogen-bond donors (Lipinski definition) is 3. The van der Waals surface area contributed by atoms with Crippen LogP contribution >= 0.6 is 11.6 Å². The van der Waals surface area contributed by atoms with Crippen LogP contribution in [-0.2, 0) is 14.4 Å². The zero-order valence-corrected chi connectivity index (χ0v) is 15.1. The summed E-state index contributed by atoms with van der Waals surface area (Å²) in [6, 6.07) is 5.22. The molecule has 0 bridgehead atoms. The number of nitrogens with one attached hydrogen (secondary N) is 3. The van der Waals surface area contributed by atoms with E-state index in [0.717, 1.165) is 31.2 Å². The first-order chi connectivity index (χ1) is 12.0. The molecule has 1 aromatic carbocycles. The third-order valence-electron chi connectivity index (χ3n) is 4.39. The number of halogens is 1. The molecule has 6 nitrogen and oxygen atoms in total. The van der Waals surface area contributed by atoms with Crippen molar-refractivity contribution in [2.24, 2.45) is 5.92 Å². The molecule has 0 unspecified atom stereocenters. The van der Waals surface area contributed by atoms with Gasteiger partial charge in [0.25, 0.3) is 0 Å². The third-order valence-corrected chi connectivity index (χ3v) is 4.80. The van der Waals surface area contributed by atoms with E-state index in [1.165, 1.54) is 6.42 Å². The van der Waals surface area contributed by atoms with Crippen molar-refractivity contribution in [2.45, 2.75) is 39.0 Å². The Bertz CT molecular complexity index is 642. The fraction of sp³-hybridized carbons (Fsp3) is 0.500. The van der Waals surface area contributed by atoms with Crippen molar-refractivity contribution in [1.82, 2.24) is 10.6 Å². The summed E-state index contributed by atoms with van der Waals surface area (Å²) in [7, 11) is 0. The van der Waals surface area contributed by atoms with Crippen LogP contribution in [0, 0.1) is 12.8 Å². The molecule has 1 aliphatic rings. The summed E-state index contributed by atoms with van der Waals surface area (Å²) in [5.74, 6) is -0.802. The van der Waals surface area contributed by atoms with Crippen LogP contribution in [0.3, 0.4) is 0 Å². The largest absolute Gasteiger partial charge is 0.347 e. The Kier molecular flexibility index (Phi) is 7.25. The number of carbonyl (C=O) groups excluding carboxylic acids is 3. The van der Waals surface area contributed by atoms with Crippen LogP contribution in [0.5, 0.6) is 0 Å². The van der Waals surface area contributed by atoms with E-state index in [1.54, 1.807) is 25.1 Å². The molecule has 1 saturated carbocycles. The zero-order valence-electron chi connectivity index (χ0n) is 14.4. The van der Waals surface area contributed by atoms with Gasteiger partial charge in [0.05, 0.1) is 13.1 Å². The highest BCUT2D eigenvalue weighted by molar-refractivity contribution is 6.31. The molecular weight excluding hydrogens is 342 g/mol. The molecule has 3 N–H and O–H groups in total. The minimum atomic E-state index is -0.387. The summed E-state index contributed by atoms with van der Waals surface area (Å²) in [6.07, 6.45) is 5.07. The van der Waals surface area contributed by atoms with Gasteiger partial charge >= 0.3 is 0 Å². The average Bonchev–Trinajstić information content (AvgIpc) is 2.62. The maximum atomic E-state index is 12.0. The van der Waals surface area contributed by atoms with E-state index < -0.39 is 0 Å². The maximum absolute atomic E-state index is 12.0. The topological polar surface area (TPSA) is 87.3 Å². The minimum absolute atomic E-state index is 0.00986. The summed E-state index contributed by atoms with van der Waals surface area (Å²) >= 11 is 6.00. The van der Waals surface area contributed by atoms with Gasteiger partial charge in [0.1, 0.15) is 0 Å². The summed E-state index contributed by atoms with van der Waals surface area (Å²) in [5, 5.41) is 8.40. The first kappa shape index (κ1) is 19.2. The van der Waals surface area contributed by atoms with Crippen molar-refractivity contribution in [3.05, 3.63) is 28.8 Å². The molecule has 0 aliphatic heterocycles. The predicted octanol–water partition coefficient (Wildman–Crippen LogP) is 2.40. The van der Waals surface area contributed by atoms with Crippen LogP contribution in [0.4, 0.5) is 5.69 Å². The molecule has 0 heterocycles. The van der Waals surface area contributed by atoms with Gasteiger partial charge < -0.3 is 16.0 Å². The molecule has 0 saturated heterocycles. The molecule has 1 fully saturated rings. The Labute approximate surface area is 152 Å². The third kappa shape index (κ3) is 6.05. The fourth-order valence-electron chi connectivity index (χ4n) is 2.86. The number of anilines is 1. The van der Waals surface area contributed by atoms with Crippen LogP contribution in [0.15, 0.2) is 18.2 Å². The van der Waals surface area contributed by atoms with Crippen molar-refractivity contribution >= 4 is 35.0 Å². The van der Waals surface area contributed by atoms with Gasteiger partial charge in [-0.2, -0.15) is 0 Å². The maximum Gasteiger partial charge on any atom is 0.243 e. The van der Waals surface area contributed by atoms with E-state index in [9.17, 15) is 14.4 Å². The average molecular weight is 366 g/mol. The van der Waals surface area contributed by atoms with Gasteiger partial charge in [-0.25, -0.2) is 0 Å². The Morgan fingerprint density at radius 2 is 1.72 bits per heavy atom. The first-order valence-corrected chi connectivity index (χ1v) is 8.94. The lowest BCUT2D eigenvalue weighted by molar-refractivity contribution is -0.129. The smallest absolute Gasteiger partial charge is 0.243 e. The molecule has 1 aromatic rings. The predicted molar refractivity (Wildman–Crippen MR) is 97.4 cm³/mol. The van der Waals surface area contributed by atoms with E-state index in [1.807, 2.05) is 0 Å². The van der Waals surface area contributed by atoms with Crippen molar-refractivity contribution in [2.75, 3.05) is 18.4 Å². The van der Waals surface area contributed by atoms with Crippen LogP contribution in [0.1, 0.15) is 37.7 Å². The van der Waals surface area contributed by atoms with Crippen LogP contribution < -0.4 is 16.0 Å². The fourth-order valence-corrected chi connectivity index (χ4v) is 3.03. The van der Waals surface area contributed by atoms with E-state index >= 15 is 0 Å². The Morgan fingerprint density at radius 1 is 1.04 bits per heavy atom. The standard InChI is InChI=1S/C18H24ClN3O3/c1-12-14(19)8-5-9-15(12)22-17(24)11-20-16(23)10-21-18(25)13-6-3-2-4-7-13/h5,8-9,13H,2-4,6-7,10-11H2,1H3,(H,20,23)(H,21,25)(H,22,24). The lowest BCUT2D eigenvalue weighted by Gasteiger charge is -2.20. The van der Waals surface area contributed by atoms with E-state index in [0.29, 0.717) is 10.7 Å². The number of amides is 3. The van der Waals surface area contributed by atoms with Gasteiger partial charge in [0.15, 0.2) is 0 Å². The second-order valence-corrected chi connectivity index (χ2v) is 6.70. The summed E-state index contributed by atoms with van der Waals surface area (Å²) in [6.45, 7) is 1.53. The molecule has 0 atom stereocenters. The highest BCUT2D eigenvalue weighted by Gasteiger charge is 2.21. The first-order valence-electron chi connectivity index (χ1n) is 8.56. The molecule has 3 amide bonds. The lowest BCUT2D eigenvalue weighted by atomic mass is 9.89. The van der Waals surface area contributed by atoms with Gasteiger partial charge in [-0.15, -0.1) is 0 Å². The molecule has 136 valence electrons. The molecule has 2 rings (SSSR count). The Hall–Kier alpha value is -2.08. The van der Waals surface area contributed by atoms with Gasteiger partial charge in [-0.3, -0.25) is 14.4 Å². The summed E-state index contributed by atoms with van der Waals surface area (Å²) < 4.78 is 0. The van der Waals surface area contributed by atoms with Crippen LogP contribution in [0.2, 0.25) is 5.02 Å². The van der Waals surface area contributed by atoms with Gasteiger partial charge in [-0.05, 0) is 37.5 Å². The lowest BCUT2D eigenvalue weighted by Crippen LogP contribution is -2.42. The SMILES string of the molecule is Cc1c(Cl)cccc1NC(=O)CNC(=O)CNC(=O)C1CCCCC1. The van der Waals surface area contributed by atoms with Crippen molar-refractivity contribution < 1.29 is 14.4 Å². The number of carbonyl (C=O) groups is 3. The minimum Gasteiger partial charge on any atom is -0.347 e. The highest BCUT2D eigenvalue weighted by atomic mass is 35.5. The van der Waals surface area contributed by atoms with Gasteiger partial charge in [0, 0.05) is 16.6 Å².